The molecule has 0 amide bonds. The van der Waals surface area contributed by atoms with Crippen LogP contribution in [0.2, 0.25) is 0 Å². The molecule has 0 rings (SSSR count). The van der Waals surface area contributed by atoms with Gasteiger partial charge in [0.1, 0.15) is 12.7 Å². The third-order valence-corrected chi connectivity index (χ3v) is 1.08. The highest BCUT2D eigenvalue weighted by Crippen LogP contribution is 1.88. The number of ether oxygens (including phenoxy) is 2. The van der Waals surface area contributed by atoms with Crippen LogP contribution in [0.5, 0.6) is 0 Å². The lowest BCUT2D eigenvalue weighted by Gasteiger charge is -2.11. The fourth-order valence-electron chi connectivity index (χ4n) is 0.509. The van der Waals surface area contributed by atoms with Crippen molar-refractivity contribution in [2.45, 2.75) is 6.10 Å². The maximum Gasteiger partial charge on any atom is 0.111 e. The lowest BCUT2D eigenvalue weighted by molar-refractivity contribution is -0.0327. The summed E-state index contributed by atoms with van der Waals surface area (Å²) in [7, 11) is 0. The van der Waals surface area contributed by atoms with Crippen LogP contribution in [0.1, 0.15) is 0 Å². The van der Waals surface area contributed by atoms with E-state index in [1.807, 2.05) is 0 Å². The van der Waals surface area contributed by atoms with E-state index in [1.54, 1.807) is 0 Å². The van der Waals surface area contributed by atoms with Gasteiger partial charge in [0.2, 0.25) is 0 Å². The van der Waals surface area contributed by atoms with Gasteiger partial charge in [-0.15, -0.1) is 0 Å². The predicted molar refractivity (Wildman–Crippen MR) is 40.1 cm³/mol. The number of hydrogen-bond acceptors (Lipinski definition) is 4. The summed E-state index contributed by atoms with van der Waals surface area (Å²) in [6.45, 7) is 3.72. The second-order valence-corrected chi connectivity index (χ2v) is 1.90. The molecule has 2 N–H and O–H groups in total. The second kappa shape index (κ2) is 7.53. The van der Waals surface area contributed by atoms with Crippen molar-refractivity contribution >= 4 is 0 Å². The molecule has 0 fully saturated rings. The van der Waals surface area contributed by atoms with E-state index in [2.05, 4.69) is 6.58 Å². The van der Waals surface area contributed by atoms with Crippen LogP contribution < -0.4 is 0 Å². The van der Waals surface area contributed by atoms with Gasteiger partial charge in [-0.25, -0.2) is 0 Å². The summed E-state index contributed by atoms with van der Waals surface area (Å²) in [6, 6.07) is 0. The molecule has 66 valence electrons. The Balaban J connectivity index is 3.13. The Labute approximate surface area is 66.1 Å². The lowest BCUT2D eigenvalue weighted by atomic mass is 10.4. The number of hydrogen-bond donors (Lipinski definition) is 2. The quantitative estimate of drug-likeness (QED) is 0.392. The van der Waals surface area contributed by atoms with Crippen molar-refractivity contribution in [3.8, 4) is 0 Å². The first kappa shape index (κ1) is 10.4. The van der Waals surface area contributed by atoms with Gasteiger partial charge in [-0.1, -0.05) is 6.58 Å². The first-order chi connectivity index (χ1) is 5.35. The molecular formula is C7H14O4. The highest BCUT2D eigenvalue weighted by molar-refractivity contribution is 4.52. The zero-order chi connectivity index (χ0) is 8.53. The molecule has 0 aromatic rings. The van der Waals surface area contributed by atoms with Gasteiger partial charge in [0.25, 0.3) is 0 Å². The topological polar surface area (TPSA) is 58.9 Å². The smallest absolute Gasteiger partial charge is 0.111 e. The Hall–Kier alpha value is -0.580. The van der Waals surface area contributed by atoms with E-state index >= 15 is 0 Å². The Bertz CT molecular complexity index is 90.4. The van der Waals surface area contributed by atoms with Crippen molar-refractivity contribution in [3.63, 3.8) is 0 Å². The van der Waals surface area contributed by atoms with Gasteiger partial charge in [-0.3, -0.25) is 0 Å². The molecule has 0 atom stereocenters. The van der Waals surface area contributed by atoms with Gasteiger partial charge in [0.05, 0.1) is 26.1 Å². The van der Waals surface area contributed by atoms with Crippen LogP contribution in [0.3, 0.4) is 0 Å². The molecule has 0 bridgehead atoms. The van der Waals surface area contributed by atoms with Gasteiger partial charge in [0.15, 0.2) is 0 Å². The summed E-state index contributed by atoms with van der Waals surface area (Å²) in [4.78, 5) is 0. The molecule has 11 heavy (non-hydrogen) atoms. The zero-order valence-corrected chi connectivity index (χ0v) is 6.40. The Morgan fingerprint density at radius 3 is 2.36 bits per heavy atom. The first-order valence-electron chi connectivity index (χ1n) is 3.41. The van der Waals surface area contributed by atoms with Crippen LogP contribution in [-0.2, 0) is 9.47 Å². The first-order valence-corrected chi connectivity index (χ1v) is 3.41. The zero-order valence-electron chi connectivity index (χ0n) is 6.40. The largest absolute Gasteiger partial charge is 0.499 e. The molecule has 0 aliphatic carbocycles. The van der Waals surface area contributed by atoms with Crippen LogP contribution in [0.4, 0.5) is 0 Å². The van der Waals surface area contributed by atoms with Crippen LogP contribution in [0, 0.1) is 0 Å². The maximum atomic E-state index is 8.54. The molecule has 0 unspecified atom stereocenters. The third-order valence-electron chi connectivity index (χ3n) is 1.08. The van der Waals surface area contributed by atoms with E-state index in [0.29, 0.717) is 13.2 Å². The molecule has 0 aromatic carbocycles. The van der Waals surface area contributed by atoms with Crippen LogP contribution >= 0.6 is 0 Å². The Morgan fingerprint density at radius 2 is 1.91 bits per heavy atom. The highest BCUT2D eigenvalue weighted by Gasteiger charge is 2.03. The summed E-state index contributed by atoms with van der Waals surface area (Å²) < 4.78 is 9.72. The molecule has 0 aromatic heterocycles. The van der Waals surface area contributed by atoms with Gasteiger partial charge >= 0.3 is 0 Å². The van der Waals surface area contributed by atoms with E-state index in [1.165, 1.54) is 6.26 Å². The lowest BCUT2D eigenvalue weighted by Crippen LogP contribution is -2.23. The van der Waals surface area contributed by atoms with Crippen molar-refractivity contribution in [3.05, 3.63) is 12.8 Å². The standard InChI is InChI=1S/C7H14O4/c1-2-10-3-4-11-7(5-8)6-9/h2,7-9H,1,3-6H2. The third kappa shape index (κ3) is 5.84. The fraction of sp³-hybridized carbons (Fsp3) is 0.714. The van der Waals surface area contributed by atoms with E-state index < -0.39 is 6.10 Å². The number of aliphatic hydroxyl groups excluding tert-OH is 2. The van der Waals surface area contributed by atoms with Crippen LogP contribution in [-0.4, -0.2) is 42.7 Å². The van der Waals surface area contributed by atoms with E-state index in [9.17, 15) is 0 Å². The van der Waals surface area contributed by atoms with Crippen molar-refractivity contribution in [2.75, 3.05) is 26.4 Å². The van der Waals surface area contributed by atoms with Gasteiger partial charge in [-0.05, 0) is 0 Å². The molecule has 0 radical (unpaired) electrons. The molecule has 4 nitrogen and oxygen atoms in total. The van der Waals surface area contributed by atoms with E-state index in [0.717, 1.165) is 0 Å². The van der Waals surface area contributed by atoms with Crippen LogP contribution in [0.15, 0.2) is 12.8 Å². The minimum atomic E-state index is -0.497. The van der Waals surface area contributed by atoms with Gasteiger partial charge in [-0.2, -0.15) is 0 Å². The molecule has 0 saturated carbocycles. The molecule has 4 heteroatoms. The number of rotatable bonds is 7. The van der Waals surface area contributed by atoms with Crippen molar-refractivity contribution in [1.29, 1.82) is 0 Å². The normalized spacial score (nSPS) is 10.1. The number of aliphatic hydroxyl groups is 2. The van der Waals surface area contributed by atoms with Crippen molar-refractivity contribution in [2.24, 2.45) is 0 Å². The molecule has 0 saturated heterocycles. The summed E-state index contributed by atoms with van der Waals surface area (Å²) >= 11 is 0. The van der Waals surface area contributed by atoms with Crippen LogP contribution in [0.25, 0.3) is 0 Å². The van der Waals surface area contributed by atoms with Gasteiger partial charge in [0, 0.05) is 0 Å². The predicted octanol–water partition coefficient (Wildman–Crippen LogP) is -0.484. The molecule has 0 aliphatic rings. The maximum absolute atomic E-state index is 8.54. The summed E-state index contributed by atoms with van der Waals surface area (Å²) in [5.74, 6) is 0. The minimum Gasteiger partial charge on any atom is -0.499 e. The monoisotopic (exact) mass is 162 g/mol. The molecule has 0 spiro atoms. The highest BCUT2D eigenvalue weighted by atomic mass is 16.5. The minimum absolute atomic E-state index is 0.176. The van der Waals surface area contributed by atoms with E-state index in [4.69, 9.17) is 19.7 Å². The average Bonchev–Trinajstić information content (AvgIpc) is 2.05. The Kier molecular flexibility index (Phi) is 7.13. The fourth-order valence-corrected chi connectivity index (χ4v) is 0.509. The van der Waals surface area contributed by atoms with Crippen molar-refractivity contribution < 1.29 is 19.7 Å². The summed E-state index contributed by atoms with van der Waals surface area (Å²) in [6.07, 6.45) is 0.819. The molecule has 0 aliphatic heterocycles. The molecular weight excluding hydrogens is 148 g/mol. The SMILES string of the molecule is C=COCCOC(CO)CO. The Morgan fingerprint density at radius 1 is 1.27 bits per heavy atom. The average molecular weight is 162 g/mol. The van der Waals surface area contributed by atoms with E-state index in [-0.39, 0.29) is 13.2 Å². The summed E-state index contributed by atoms with van der Waals surface area (Å²) in [5, 5.41) is 17.1. The van der Waals surface area contributed by atoms with Crippen molar-refractivity contribution in [1.82, 2.24) is 0 Å². The van der Waals surface area contributed by atoms with Gasteiger partial charge < -0.3 is 19.7 Å². The second-order valence-electron chi connectivity index (χ2n) is 1.90. The summed E-state index contributed by atoms with van der Waals surface area (Å²) in [5.41, 5.74) is 0. The molecule has 0 heterocycles.